The summed E-state index contributed by atoms with van der Waals surface area (Å²) < 4.78 is 38.3. The van der Waals surface area contributed by atoms with E-state index in [1.807, 2.05) is 0 Å². The van der Waals surface area contributed by atoms with Crippen molar-refractivity contribution in [2.24, 2.45) is 10.9 Å². The molecule has 2 nitrogen and oxygen atoms in total. The average molecular weight is 321 g/mol. The van der Waals surface area contributed by atoms with Crippen LogP contribution in [0.3, 0.4) is 0 Å². The van der Waals surface area contributed by atoms with Crippen molar-refractivity contribution in [1.29, 1.82) is 0 Å². The van der Waals surface area contributed by atoms with Crippen molar-refractivity contribution in [3.63, 3.8) is 0 Å². The summed E-state index contributed by atoms with van der Waals surface area (Å²) >= 11 is 7.21. The van der Waals surface area contributed by atoms with E-state index >= 15 is 0 Å². The highest BCUT2D eigenvalue weighted by molar-refractivity contribution is 8.15. The van der Waals surface area contributed by atoms with Gasteiger partial charge < -0.3 is 5.32 Å². The van der Waals surface area contributed by atoms with Gasteiger partial charge in [0, 0.05) is 10.9 Å². The van der Waals surface area contributed by atoms with Gasteiger partial charge in [0.2, 0.25) is 0 Å². The summed E-state index contributed by atoms with van der Waals surface area (Å²) in [4.78, 5) is 4.34. The number of hydrogen-bond acceptors (Lipinski definition) is 3. The fourth-order valence-corrected chi connectivity index (χ4v) is 3.57. The van der Waals surface area contributed by atoms with Gasteiger partial charge in [0.25, 0.3) is 0 Å². The smallest absolute Gasteiger partial charge is 0.335 e. The lowest BCUT2D eigenvalue weighted by Crippen LogP contribution is -2.11. The zero-order valence-corrected chi connectivity index (χ0v) is 11.9. The van der Waals surface area contributed by atoms with E-state index in [1.165, 1.54) is 25.0 Å². The first kappa shape index (κ1) is 14.1. The number of nitrogens with one attached hydrogen (secondary N) is 1. The zero-order valence-electron chi connectivity index (χ0n) is 10.4. The summed E-state index contributed by atoms with van der Waals surface area (Å²) in [5.74, 6) is 0.721. The van der Waals surface area contributed by atoms with Crippen LogP contribution in [0.25, 0.3) is 0 Å². The van der Waals surface area contributed by atoms with E-state index in [0.29, 0.717) is 16.1 Å². The van der Waals surface area contributed by atoms with Gasteiger partial charge in [-0.2, -0.15) is 13.2 Å². The first-order valence-corrected chi connectivity index (χ1v) is 7.54. The van der Waals surface area contributed by atoms with Gasteiger partial charge in [-0.05, 0) is 37.0 Å². The first-order chi connectivity index (χ1) is 9.43. The molecule has 7 heteroatoms. The molecule has 1 atom stereocenters. The monoisotopic (exact) mass is 320 g/mol. The highest BCUT2D eigenvalue weighted by Crippen LogP contribution is 2.42. The summed E-state index contributed by atoms with van der Waals surface area (Å²) in [6, 6.07) is 3.81. The molecule has 0 bridgehead atoms. The van der Waals surface area contributed by atoms with Gasteiger partial charge >= 0.3 is 6.18 Å². The largest absolute Gasteiger partial charge is 0.417 e. The number of anilines is 1. The van der Waals surface area contributed by atoms with Crippen LogP contribution in [0.15, 0.2) is 23.2 Å². The number of benzene rings is 1. The lowest BCUT2D eigenvalue weighted by molar-refractivity contribution is -0.137. The molecule has 1 aliphatic carbocycles. The van der Waals surface area contributed by atoms with E-state index < -0.39 is 11.7 Å². The molecule has 20 heavy (non-hydrogen) atoms. The third kappa shape index (κ3) is 3.06. The molecule has 1 saturated carbocycles. The fraction of sp³-hybridized carbons (Fsp3) is 0.462. The van der Waals surface area contributed by atoms with Crippen molar-refractivity contribution in [1.82, 2.24) is 0 Å². The topological polar surface area (TPSA) is 24.4 Å². The fourth-order valence-electron chi connectivity index (χ4n) is 2.12. The van der Waals surface area contributed by atoms with Crippen molar-refractivity contribution < 1.29 is 13.2 Å². The zero-order chi connectivity index (χ0) is 14.3. The van der Waals surface area contributed by atoms with Gasteiger partial charge in [0.1, 0.15) is 0 Å². The minimum atomic E-state index is -4.45. The number of aliphatic imine (C=N–C) groups is 1. The van der Waals surface area contributed by atoms with Crippen LogP contribution in [0.4, 0.5) is 18.9 Å². The van der Waals surface area contributed by atoms with Crippen LogP contribution >= 0.6 is 23.4 Å². The molecule has 2 aliphatic rings. The lowest BCUT2D eigenvalue weighted by Gasteiger charge is -2.12. The third-order valence-electron chi connectivity index (χ3n) is 3.35. The summed E-state index contributed by atoms with van der Waals surface area (Å²) in [5, 5.41) is 3.83. The SMILES string of the molecule is FC(F)(F)c1cc(NC2=NCC(C3CC3)S2)ccc1Cl. The number of nitrogens with zero attached hydrogens (tertiary/aromatic N) is 1. The van der Waals surface area contributed by atoms with Crippen molar-refractivity contribution in [2.75, 3.05) is 11.9 Å². The molecule has 1 aromatic carbocycles. The summed E-state index contributed by atoms with van der Waals surface area (Å²) in [7, 11) is 0. The second-order valence-corrected chi connectivity index (χ2v) is 6.59. The number of hydrogen-bond donors (Lipinski definition) is 1. The molecule has 108 valence electrons. The molecule has 3 rings (SSSR count). The molecule has 1 N–H and O–H groups in total. The van der Waals surface area contributed by atoms with Crippen LogP contribution in [0.5, 0.6) is 0 Å². The Kier molecular flexibility index (Phi) is 3.62. The third-order valence-corrected chi connectivity index (χ3v) is 4.97. The predicted octanol–water partition coefficient (Wildman–Crippen LogP) is 4.65. The summed E-state index contributed by atoms with van der Waals surface area (Å²) in [6.45, 7) is 0.747. The Labute approximate surface area is 123 Å². The van der Waals surface area contributed by atoms with Crippen molar-refractivity contribution >= 4 is 34.2 Å². The maximum atomic E-state index is 12.8. The Balaban J connectivity index is 1.72. The van der Waals surface area contributed by atoms with Crippen molar-refractivity contribution in [3.8, 4) is 0 Å². The number of thioether (sulfide) groups is 1. The van der Waals surface area contributed by atoms with Gasteiger partial charge in [0.05, 0.1) is 17.1 Å². The van der Waals surface area contributed by atoms with Gasteiger partial charge in [0.15, 0.2) is 5.17 Å². The van der Waals surface area contributed by atoms with Crippen LogP contribution < -0.4 is 5.32 Å². The number of halogens is 4. The van der Waals surface area contributed by atoms with Gasteiger partial charge in [-0.15, -0.1) is 0 Å². The Bertz CT molecular complexity index is 555. The highest BCUT2D eigenvalue weighted by Gasteiger charge is 2.36. The molecule has 0 aromatic heterocycles. The van der Waals surface area contributed by atoms with Gasteiger partial charge in [-0.25, -0.2) is 0 Å². The number of rotatable bonds is 2. The van der Waals surface area contributed by atoms with Crippen LogP contribution in [0.1, 0.15) is 18.4 Å². The molecule has 1 aliphatic heterocycles. The van der Waals surface area contributed by atoms with E-state index in [-0.39, 0.29) is 5.02 Å². The molecule has 0 radical (unpaired) electrons. The summed E-state index contributed by atoms with van der Waals surface area (Å²) in [5.41, 5.74) is -0.462. The van der Waals surface area contributed by atoms with E-state index in [2.05, 4.69) is 10.3 Å². The quantitative estimate of drug-likeness (QED) is 0.857. The second kappa shape index (κ2) is 5.15. The Morgan fingerprint density at radius 3 is 2.70 bits per heavy atom. The maximum absolute atomic E-state index is 12.8. The molecule has 0 amide bonds. The molecule has 0 saturated heterocycles. The average Bonchev–Trinajstić information content (AvgIpc) is 3.12. The van der Waals surface area contributed by atoms with Crippen LogP contribution in [0, 0.1) is 5.92 Å². The highest BCUT2D eigenvalue weighted by atomic mass is 35.5. The normalized spacial score (nSPS) is 22.8. The number of amidine groups is 1. The van der Waals surface area contributed by atoms with E-state index in [1.54, 1.807) is 11.8 Å². The van der Waals surface area contributed by atoms with Gasteiger partial charge in [-0.3, -0.25) is 4.99 Å². The van der Waals surface area contributed by atoms with E-state index in [9.17, 15) is 13.2 Å². The molecular formula is C13H12ClF3N2S. The molecule has 1 unspecified atom stereocenters. The molecule has 1 fully saturated rings. The van der Waals surface area contributed by atoms with Crippen molar-refractivity contribution in [3.05, 3.63) is 28.8 Å². The van der Waals surface area contributed by atoms with Crippen LogP contribution in [-0.4, -0.2) is 17.0 Å². The Hall–Kier alpha value is -0.880. The lowest BCUT2D eigenvalue weighted by atomic mass is 10.2. The van der Waals surface area contributed by atoms with E-state index in [4.69, 9.17) is 11.6 Å². The Morgan fingerprint density at radius 2 is 2.05 bits per heavy atom. The molecular weight excluding hydrogens is 309 g/mol. The molecule has 1 heterocycles. The van der Waals surface area contributed by atoms with E-state index in [0.717, 1.165) is 18.5 Å². The summed E-state index contributed by atoms with van der Waals surface area (Å²) in [6.07, 6.45) is -1.98. The minimum Gasteiger partial charge on any atom is -0.335 e. The van der Waals surface area contributed by atoms with Crippen LogP contribution in [-0.2, 0) is 6.18 Å². The maximum Gasteiger partial charge on any atom is 0.417 e. The van der Waals surface area contributed by atoms with Crippen LogP contribution in [0.2, 0.25) is 5.02 Å². The standard InChI is InChI=1S/C13H12ClF3N2S/c14-10-4-3-8(5-9(10)13(15,16)17)19-12-18-6-11(20-12)7-1-2-7/h3-5,7,11H,1-2,6H2,(H,18,19). The van der Waals surface area contributed by atoms with Crippen molar-refractivity contribution in [2.45, 2.75) is 24.3 Å². The second-order valence-electron chi connectivity index (χ2n) is 4.96. The van der Waals surface area contributed by atoms with Gasteiger partial charge in [-0.1, -0.05) is 23.4 Å². The predicted molar refractivity (Wildman–Crippen MR) is 76.5 cm³/mol. The minimum absolute atomic E-state index is 0.292. The molecule has 0 spiro atoms. The molecule has 1 aromatic rings. The first-order valence-electron chi connectivity index (χ1n) is 6.28. The number of alkyl halides is 3. The Morgan fingerprint density at radius 1 is 1.30 bits per heavy atom.